The zero-order chi connectivity index (χ0) is 11.7. The van der Waals surface area contributed by atoms with Gasteiger partial charge in [0.15, 0.2) is 0 Å². The first kappa shape index (κ1) is 11.1. The lowest BCUT2D eigenvalue weighted by Crippen LogP contribution is -2.37. The fraction of sp³-hybridized carbons (Fsp3) is 0.462. The minimum absolute atomic E-state index is 0.0340. The second-order valence-electron chi connectivity index (χ2n) is 4.60. The molecule has 1 aromatic rings. The highest BCUT2D eigenvalue weighted by molar-refractivity contribution is 7.99. The molecule has 17 heavy (non-hydrogen) atoms. The first-order chi connectivity index (χ1) is 8.33. The predicted molar refractivity (Wildman–Crippen MR) is 71.3 cm³/mol. The molecule has 1 fully saturated rings. The van der Waals surface area contributed by atoms with Crippen LogP contribution in [0.1, 0.15) is 17.5 Å². The van der Waals surface area contributed by atoms with Gasteiger partial charge >= 0.3 is 0 Å². The summed E-state index contributed by atoms with van der Waals surface area (Å²) in [6.45, 7) is 0. The zero-order valence-electron chi connectivity index (χ0n) is 9.66. The first-order valence-corrected chi connectivity index (χ1v) is 7.22. The molecule has 3 nitrogen and oxygen atoms in total. The molecule has 4 heteroatoms. The average molecular weight is 248 g/mol. The van der Waals surface area contributed by atoms with Crippen molar-refractivity contribution in [3.8, 4) is 0 Å². The number of carbonyl (C=O) groups excluding carboxylic acids is 1. The number of hydrogen-bond donors (Lipinski definition) is 2. The largest absolute Gasteiger partial charge is 0.325 e. The third kappa shape index (κ3) is 2.33. The topological polar surface area (TPSA) is 41.1 Å². The summed E-state index contributed by atoms with van der Waals surface area (Å²) in [7, 11) is 0. The molecule has 1 atom stereocenters. The molecule has 0 aromatic heterocycles. The maximum atomic E-state index is 11.9. The molecule has 1 unspecified atom stereocenters. The number of fused-ring (bicyclic) bond motifs is 1. The molecule has 1 heterocycles. The van der Waals surface area contributed by atoms with Crippen LogP contribution in [-0.2, 0) is 17.6 Å². The van der Waals surface area contributed by atoms with Crippen molar-refractivity contribution in [3.63, 3.8) is 0 Å². The van der Waals surface area contributed by atoms with Crippen molar-refractivity contribution in [2.75, 3.05) is 16.9 Å². The second kappa shape index (κ2) is 4.70. The summed E-state index contributed by atoms with van der Waals surface area (Å²) in [6, 6.07) is 6.26. The van der Waals surface area contributed by atoms with Crippen LogP contribution in [0.25, 0.3) is 0 Å². The summed E-state index contributed by atoms with van der Waals surface area (Å²) >= 11 is 1.77. The quantitative estimate of drug-likeness (QED) is 0.838. The third-order valence-corrected chi connectivity index (χ3v) is 4.34. The van der Waals surface area contributed by atoms with E-state index in [4.69, 9.17) is 0 Å². The van der Waals surface area contributed by atoms with Crippen molar-refractivity contribution < 1.29 is 4.79 Å². The number of rotatable bonds is 2. The van der Waals surface area contributed by atoms with Gasteiger partial charge in [0.05, 0.1) is 6.04 Å². The van der Waals surface area contributed by atoms with Crippen LogP contribution in [0.15, 0.2) is 18.2 Å². The summed E-state index contributed by atoms with van der Waals surface area (Å²) < 4.78 is 0. The highest BCUT2D eigenvalue weighted by Gasteiger charge is 2.22. The monoisotopic (exact) mass is 248 g/mol. The van der Waals surface area contributed by atoms with Gasteiger partial charge in [-0.3, -0.25) is 10.1 Å². The normalized spacial score (nSPS) is 22.5. The molecule has 1 aliphatic heterocycles. The molecule has 1 aliphatic carbocycles. The minimum atomic E-state index is -0.0340. The molecule has 2 aliphatic rings. The SMILES string of the molecule is O=C(Nc1ccc2c(c1)CCC2)C1CSCN1. The van der Waals surface area contributed by atoms with Gasteiger partial charge in [-0.2, -0.15) is 0 Å². The molecule has 1 aromatic carbocycles. The Morgan fingerprint density at radius 1 is 1.35 bits per heavy atom. The van der Waals surface area contributed by atoms with Gasteiger partial charge in [-0.05, 0) is 42.5 Å². The van der Waals surface area contributed by atoms with Gasteiger partial charge in [0.1, 0.15) is 0 Å². The van der Waals surface area contributed by atoms with Crippen molar-refractivity contribution in [1.29, 1.82) is 0 Å². The van der Waals surface area contributed by atoms with E-state index in [1.807, 2.05) is 6.07 Å². The van der Waals surface area contributed by atoms with Crippen molar-refractivity contribution >= 4 is 23.4 Å². The fourth-order valence-corrected chi connectivity index (χ4v) is 3.38. The Hall–Kier alpha value is -1.00. The Labute approximate surface area is 105 Å². The molecule has 0 bridgehead atoms. The van der Waals surface area contributed by atoms with Crippen LogP contribution in [0, 0.1) is 0 Å². The number of aryl methyl sites for hydroxylation is 2. The number of nitrogens with one attached hydrogen (secondary N) is 2. The number of anilines is 1. The van der Waals surface area contributed by atoms with Gasteiger partial charge in [-0.25, -0.2) is 0 Å². The van der Waals surface area contributed by atoms with E-state index in [2.05, 4.69) is 22.8 Å². The molecule has 3 rings (SSSR count). The molecule has 1 saturated heterocycles. The van der Waals surface area contributed by atoms with Crippen molar-refractivity contribution in [2.24, 2.45) is 0 Å². The summed E-state index contributed by atoms with van der Waals surface area (Å²) in [5, 5.41) is 6.18. The summed E-state index contributed by atoms with van der Waals surface area (Å²) in [4.78, 5) is 11.9. The highest BCUT2D eigenvalue weighted by Crippen LogP contribution is 2.25. The maximum Gasteiger partial charge on any atom is 0.242 e. The number of thioether (sulfide) groups is 1. The van der Waals surface area contributed by atoms with E-state index in [9.17, 15) is 4.79 Å². The van der Waals surface area contributed by atoms with E-state index in [0.29, 0.717) is 0 Å². The standard InChI is InChI=1S/C13H16N2OS/c16-13(12-7-17-8-14-12)15-11-5-4-9-2-1-3-10(9)6-11/h4-6,12,14H,1-3,7-8H2,(H,15,16). The van der Waals surface area contributed by atoms with Gasteiger partial charge in [0, 0.05) is 17.3 Å². The summed E-state index contributed by atoms with van der Waals surface area (Å²) in [5.41, 5.74) is 3.78. The Bertz CT molecular complexity index is 441. The Morgan fingerprint density at radius 3 is 3.06 bits per heavy atom. The van der Waals surface area contributed by atoms with E-state index in [-0.39, 0.29) is 11.9 Å². The Balaban J connectivity index is 1.70. The van der Waals surface area contributed by atoms with Crippen LogP contribution >= 0.6 is 11.8 Å². The highest BCUT2D eigenvalue weighted by atomic mass is 32.2. The Kier molecular flexibility index (Phi) is 3.07. The number of hydrogen-bond acceptors (Lipinski definition) is 3. The zero-order valence-corrected chi connectivity index (χ0v) is 10.5. The van der Waals surface area contributed by atoms with Crippen LogP contribution in [0.3, 0.4) is 0 Å². The number of benzene rings is 1. The molecular weight excluding hydrogens is 232 g/mol. The van der Waals surface area contributed by atoms with Crippen molar-refractivity contribution in [1.82, 2.24) is 5.32 Å². The molecule has 0 radical (unpaired) electrons. The average Bonchev–Trinajstić information content (AvgIpc) is 2.99. The van der Waals surface area contributed by atoms with E-state index in [1.165, 1.54) is 24.0 Å². The second-order valence-corrected chi connectivity index (χ2v) is 5.63. The molecule has 90 valence electrons. The van der Waals surface area contributed by atoms with E-state index < -0.39 is 0 Å². The summed E-state index contributed by atoms with van der Waals surface area (Å²) in [5.74, 6) is 1.84. The van der Waals surface area contributed by atoms with Gasteiger partial charge < -0.3 is 5.32 Å². The van der Waals surface area contributed by atoms with Gasteiger partial charge in [0.25, 0.3) is 0 Å². The molecule has 2 N–H and O–H groups in total. The lowest BCUT2D eigenvalue weighted by molar-refractivity contribution is -0.117. The van der Waals surface area contributed by atoms with Crippen LogP contribution in [0.4, 0.5) is 5.69 Å². The fourth-order valence-electron chi connectivity index (χ4n) is 2.44. The first-order valence-electron chi connectivity index (χ1n) is 6.07. The summed E-state index contributed by atoms with van der Waals surface area (Å²) in [6.07, 6.45) is 3.58. The Morgan fingerprint density at radius 2 is 2.24 bits per heavy atom. The van der Waals surface area contributed by atoms with Gasteiger partial charge in [-0.1, -0.05) is 6.07 Å². The van der Waals surface area contributed by atoms with Crippen LogP contribution in [0.5, 0.6) is 0 Å². The van der Waals surface area contributed by atoms with E-state index in [0.717, 1.165) is 23.7 Å². The molecule has 0 saturated carbocycles. The molecular formula is C13H16N2OS. The maximum absolute atomic E-state index is 11.9. The lowest BCUT2D eigenvalue weighted by atomic mass is 10.1. The van der Waals surface area contributed by atoms with E-state index in [1.54, 1.807) is 11.8 Å². The molecule has 0 spiro atoms. The number of amides is 1. The smallest absolute Gasteiger partial charge is 0.242 e. The predicted octanol–water partition coefficient (Wildman–Crippen LogP) is 1.78. The van der Waals surface area contributed by atoms with E-state index >= 15 is 0 Å². The van der Waals surface area contributed by atoms with Crippen molar-refractivity contribution in [3.05, 3.63) is 29.3 Å². The van der Waals surface area contributed by atoms with Gasteiger partial charge in [-0.15, -0.1) is 11.8 Å². The van der Waals surface area contributed by atoms with Crippen LogP contribution in [-0.4, -0.2) is 23.6 Å². The van der Waals surface area contributed by atoms with Crippen molar-refractivity contribution in [2.45, 2.75) is 25.3 Å². The third-order valence-electron chi connectivity index (χ3n) is 3.40. The number of carbonyl (C=O) groups is 1. The van der Waals surface area contributed by atoms with Crippen LogP contribution in [0.2, 0.25) is 0 Å². The minimum Gasteiger partial charge on any atom is -0.325 e. The van der Waals surface area contributed by atoms with Gasteiger partial charge in [0.2, 0.25) is 5.91 Å². The van der Waals surface area contributed by atoms with Crippen LogP contribution < -0.4 is 10.6 Å². The lowest BCUT2D eigenvalue weighted by Gasteiger charge is -2.11. The molecule has 1 amide bonds.